The highest BCUT2D eigenvalue weighted by Crippen LogP contribution is 2.49. The van der Waals surface area contributed by atoms with Crippen LogP contribution in [0, 0.1) is 10.1 Å². The normalized spacial score (nSPS) is 14.0. The van der Waals surface area contributed by atoms with Crippen molar-refractivity contribution in [2.75, 3.05) is 0 Å². The van der Waals surface area contributed by atoms with Crippen molar-refractivity contribution in [3.63, 3.8) is 0 Å². The first-order valence-electron chi connectivity index (χ1n) is 12.0. The Morgan fingerprint density at radius 3 is 1.88 bits per heavy atom. The molecule has 34 heavy (non-hydrogen) atoms. The van der Waals surface area contributed by atoms with Crippen molar-refractivity contribution in [3.05, 3.63) is 56.6 Å². The van der Waals surface area contributed by atoms with Crippen LogP contribution in [0.5, 0.6) is 5.75 Å². The van der Waals surface area contributed by atoms with Gasteiger partial charge in [-0.15, -0.1) is 10.2 Å². The molecule has 0 bridgehead atoms. The smallest absolute Gasteiger partial charge is 0.300 e. The topological polar surface area (TPSA) is 88.1 Å². The van der Waals surface area contributed by atoms with Gasteiger partial charge in [-0.05, 0) is 57.4 Å². The lowest BCUT2D eigenvalue weighted by atomic mass is 9.68. The fraction of sp³-hybridized carbons (Fsp3) is 0.571. The summed E-state index contributed by atoms with van der Waals surface area (Å²) in [6.07, 6.45) is 0.873. The van der Waals surface area contributed by atoms with Gasteiger partial charge < -0.3 is 5.11 Å². The Hall–Kier alpha value is -2.76. The van der Waals surface area contributed by atoms with E-state index in [1.54, 1.807) is 6.07 Å². The van der Waals surface area contributed by atoms with Gasteiger partial charge in [0, 0.05) is 5.56 Å². The van der Waals surface area contributed by atoms with Crippen molar-refractivity contribution in [2.45, 2.75) is 105 Å². The van der Waals surface area contributed by atoms with Gasteiger partial charge in [0.1, 0.15) is 11.4 Å². The zero-order chi connectivity index (χ0) is 26.2. The molecule has 0 aromatic heterocycles. The number of benzene rings is 2. The van der Waals surface area contributed by atoms with Crippen LogP contribution in [0.1, 0.15) is 111 Å². The van der Waals surface area contributed by atoms with Gasteiger partial charge in [0.25, 0.3) is 0 Å². The third kappa shape index (κ3) is 5.65. The summed E-state index contributed by atoms with van der Waals surface area (Å²) >= 11 is 0. The first-order chi connectivity index (χ1) is 15.4. The second kappa shape index (κ2) is 9.47. The van der Waals surface area contributed by atoms with Gasteiger partial charge in [-0.25, -0.2) is 0 Å². The highest BCUT2D eigenvalue weighted by atomic mass is 16.6. The van der Waals surface area contributed by atoms with Crippen molar-refractivity contribution in [3.8, 4) is 5.75 Å². The number of para-hydroxylation sites is 1. The third-order valence-electron chi connectivity index (χ3n) is 6.23. The highest BCUT2D eigenvalue weighted by Gasteiger charge is 2.39. The number of rotatable bonds is 5. The second-order valence-corrected chi connectivity index (χ2v) is 12.3. The average molecular weight is 468 g/mol. The molecule has 0 fully saturated rings. The van der Waals surface area contributed by atoms with Crippen LogP contribution in [-0.4, -0.2) is 10.0 Å². The van der Waals surface area contributed by atoms with Crippen LogP contribution in [0.25, 0.3) is 0 Å². The number of hydrogen-bond acceptors (Lipinski definition) is 5. The standard InChI is InChI=1S/C28H41N3O3/c1-12-17(2)18-14-13-15-20(25(18)32)29-30-21-16-19(26(3,4)5)22(27(6,7)8)23(28(9,10)11)24(21)31(33)34/h13-17,32H,12H2,1-11H3. The predicted octanol–water partition coefficient (Wildman–Crippen LogP) is 9.12. The molecule has 0 aliphatic heterocycles. The SMILES string of the molecule is CCC(C)c1cccc(N=Nc2cc(C(C)(C)C)c(C(C)(C)C)c(C(C)(C)C)c2[N+](=O)[O-])c1O. The maximum Gasteiger partial charge on any atom is 0.300 e. The van der Waals surface area contributed by atoms with Crippen LogP contribution in [0.2, 0.25) is 0 Å². The van der Waals surface area contributed by atoms with E-state index in [-0.39, 0.29) is 38.8 Å². The molecule has 2 aromatic carbocycles. The zero-order valence-corrected chi connectivity index (χ0v) is 22.7. The number of phenols is 1. The molecule has 0 spiro atoms. The van der Waals surface area contributed by atoms with Crippen molar-refractivity contribution in [1.82, 2.24) is 0 Å². The van der Waals surface area contributed by atoms with Crippen LogP contribution in [0.4, 0.5) is 17.1 Å². The number of phenolic OH excluding ortho intramolecular Hbond substituents is 1. The molecule has 0 radical (unpaired) electrons. The largest absolute Gasteiger partial charge is 0.505 e. The van der Waals surface area contributed by atoms with Crippen molar-refractivity contribution < 1.29 is 10.0 Å². The number of hydrogen-bond donors (Lipinski definition) is 1. The molecule has 2 aromatic rings. The van der Waals surface area contributed by atoms with Crippen molar-refractivity contribution in [1.29, 1.82) is 0 Å². The molecule has 0 saturated heterocycles. The summed E-state index contributed by atoms with van der Waals surface area (Å²) in [6.45, 7) is 22.7. The third-order valence-corrected chi connectivity index (χ3v) is 6.23. The van der Waals surface area contributed by atoms with Gasteiger partial charge in [-0.1, -0.05) is 88.3 Å². The van der Waals surface area contributed by atoms with Crippen LogP contribution in [0.3, 0.4) is 0 Å². The lowest BCUT2D eigenvalue weighted by Crippen LogP contribution is -2.29. The molecular formula is C28H41N3O3. The maximum atomic E-state index is 12.4. The molecule has 1 N–H and O–H groups in total. The summed E-state index contributed by atoms with van der Waals surface area (Å²) in [5.74, 6) is 0.234. The number of azo groups is 1. The van der Waals surface area contributed by atoms with E-state index in [0.717, 1.165) is 23.1 Å². The molecule has 0 aliphatic rings. The van der Waals surface area contributed by atoms with Crippen LogP contribution in [-0.2, 0) is 16.2 Å². The molecule has 1 unspecified atom stereocenters. The lowest BCUT2D eigenvalue weighted by molar-refractivity contribution is -0.385. The summed E-state index contributed by atoms with van der Waals surface area (Å²) in [7, 11) is 0. The minimum Gasteiger partial charge on any atom is -0.505 e. The molecule has 0 amide bonds. The Bertz CT molecular complexity index is 1100. The Labute approximate surface area is 204 Å². The van der Waals surface area contributed by atoms with E-state index in [4.69, 9.17) is 0 Å². The summed E-state index contributed by atoms with van der Waals surface area (Å²) in [5.41, 5.74) is 2.91. The minimum absolute atomic E-state index is 0.0215. The monoisotopic (exact) mass is 467 g/mol. The summed E-state index contributed by atoms with van der Waals surface area (Å²) in [5, 5.41) is 31.9. The molecular weight excluding hydrogens is 426 g/mol. The van der Waals surface area contributed by atoms with Gasteiger partial charge in [-0.3, -0.25) is 10.1 Å². The fourth-order valence-corrected chi connectivity index (χ4v) is 4.37. The number of aromatic hydroxyl groups is 1. The number of nitrogens with zero attached hydrogens (tertiary/aromatic N) is 3. The molecule has 0 heterocycles. The highest BCUT2D eigenvalue weighted by molar-refractivity contribution is 5.70. The van der Waals surface area contributed by atoms with Gasteiger partial charge in [0.2, 0.25) is 0 Å². The zero-order valence-electron chi connectivity index (χ0n) is 22.7. The van der Waals surface area contributed by atoms with E-state index in [2.05, 4.69) is 58.7 Å². The molecule has 2 rings (SSSR count). The Morgan fingerprint density at radius 2 is 1.44 bits per heavy atom. The van der Waals surface area contributed by atoms with Gasteiger partial charge >= 0.3 is 5.69 Å². The minimum atomic E-state index is -0.491. The van der Waals surface area contributed by atoms with E-state index >= 15 is 0 Å². The quantitative estimate of drug-likeness (QED) is 0.270. The fourth-order valence-electron chi connectivity index (χ4n) is 4.37. The van der Waals surface area contributed by atoms with Crippen molar-refractivity contribution >= 4 is 17.1 Å². The first-order valence-corrected chi connectivity index (χ1v) is 12.0. The average Bonchev–Trinajstić information content (AvgIpc) is 2.69. The molecule has 186 valence electrons. The molecule has 6 nitrogen and oxygen atoms in total. The van der Waals surface area contributed by atoms with E-state index < -0.39 is 5.41 Å². The lowest BCUT2D eigenvalue weighted by Gasteiger charge is -2.36. The van der Waals surface area contributed by atoms with Crippen LogP contribution in [0.15, 0.2) is 34.5 Å². The summed E-state index contributed by atoms with van der Waals surface area (Å²) in [4.78, 5) is 12.1. The van der Waals surface area contributed by atoms with Gasteiger partial charge in [0.15, 0.2) is 5.69 Å². The second-order valence-electron chi connectivity index (χ2n) is 12.3. The molecule has 1 atom stereocenters. The van der Waals surface area contributed by atoms with Gasteiger partial charge in [-0.2, -0.15) is 0 Å². The van der Waals surface area contributed by atoms with E-state index in [1.807, 2.05) is 45.9 Å². The van der Waals surface area contributed by atoms with Crippen LogP contribution < -0.4 is 0 Å². The maximum absolute atomic E-state index is 12.4. The summed E-state index contributed by atoms with van der Waals surface area (Å²) < 4.78 is 0. The first kappa shape index (κ1) is 27.5. The Balaban J connectivity index is 2.94. The Kier molecular flexibility index (Phi) is 7.66. The molecule has 0 saturated carbocycles. The Morgan fingerprint density at radius 1 is 0.912 bits per heavy atom. The predicted molar refractivity (Wildman–Crippen MR) is 140 cm³/mol. The van der Waals surface area contributed by atoms with E-state index in [1.165, 1.54) is 0 Å². The van der Waals surface area contributed by atoms with Crippen molar-refractivity contribution in [2.24, 2.45) is 10.2 Å². The molecule has 0 aliphatic carbocycles. The van der Waals surface area contributed by atoms with Crippen LogP contribution >= 0.6 is 0 Å². The van der Waals surface area contributed by atoms with E-state index in [9.17, 15) is 15.2 Å². The van der Waals surface area contributed by atoms with E-state index in [0.29, 0.717) is 11.3 Å². The number of nitro benzene ring substituents is 1. The van der Waals surface area contributed by atoms with Gasteiger partial charge in [0.05, 0.1) is 4.92 Å². The summed E-state index contributed by atoms with van der Waals surface area (Å²) in [6, 6.07) is 7.19. The molecule has 6 heteroatoms. The number of nitro groups is 1.